The number of rotatable bonds is 16. The number of anilines is 2. The summed E-state index contributed by atoms with van der Waals surface area (Å²) in [5, 5.41) is 3.80. The third kappa shape index (κ3) is 12.2. The number of benzene rings is 3. The van der Waals surface area contributed by atoms with Crippen LogP contribution in [0.3, 0.4) is 0 Å². The first kappa shape index (κ1) is 50.6. The molecule has 368 valence electrons. The number of halogens is 4. The first-order valence-electron chi connectivity index (χ1n) is 23.4. The Balaban J connectivity index is 0.961. The monoisotopic (exact) mass is 1020 g/mol. The molecule has 8 rings (SSSR count). The Morgan fingerprint density at radius 3 is 2.43 bits per heavy atom. The van der Waals surface area contributed by atoms with Crippen LogP contribution < -0.4 is 10.0 Å². The normalized spacial score (nSPS) is 21.6. The van der Waals surface area contributed by atoms with Gasteiger partial charge in [0.2, 0.25) is 0 Å². The lowest BCUT2D eigenvalue weighted by Crippen LogP contribution is -2.50. The first-order valence-corrected chi connectivity index (χ1v) is 27.7. The number of hydrogen-bond donors (Lipinski definition) is 2. The maximum absolute atomic E-state index is 14.3. The van der Waals surface area contributed by atoms with Crippen molar-refractivity contribution >= 4 is 60.3 Å². The van der Waals surface area contributed by atoms with E-state index < -0.39 is 41.2 Å². The Morgan fingerprint density at radius 1 is 0.956 bits per heavy atom. The van der Waals surface area contributed by atoms with Crippen LogP contribution in [0.4, 0.5) is 24.7 Å². The van der Waals surface area contributed by atoms with Crippen LogP contribution in [-0.4, -0.2) is 123 Å². The average molecular weight is 1020 g/mol. The Hall–Kier alpha value is -3.75. The zero-order chi connectivity index (χ0) is 48.3. The molecule has 12 nitrogen and oxygen atoms in total. The van der Waals surface area contributed by atoms with Crippen molar-refractivity contribution in [3.8, 4) is 0 Å². The first-order chi connectivity index (χ1) is 32.3. The van der Waals surface area contributed by atoms with E-state index in [1.54, 1.807) is 0 Å². The van der Waals surface area contributed by atoms with E-state index in [4.69, 9.17) is 16.3 Å². The number of aromatic nitrogens is 2. The van der Waals surface area contributed by atoms with Gasteiger partial charge < -0.3 is 10.1 Å². The Labute approximate surface area is 408 Å². The Bertz CT molecular complexity index is 2650. The van der Waals surface area contributed by atoms with E-state index in [9.17, 15) is 30.0 Å². The van der Waals surface area contributed by atoms with Gasteiger partial charge in [-0.15, -0.1) is 11.8 Å². The smallest absolute Gasteiger partial charge is 0.380 e. The van der Waals surface area contributed by atoms with E-state index in [0.29, 0.717) is 87.9 Å². The van der Waals surface area contributed by atoms with Crippen molar-refractivity contribution in [2.45, 2.75) is 111 Å². The molecule has 4 aromatic rings. The number of nitrogens with one attached hydrogen (secondary N) is 2. The van der Waals surface area contributed by atoms with Crippen LogP contribution in [0, 0.1) is 5.41 Å². The number of sulfone groups is 1. The maximum atomic E-state index is 14.3. The lowest BCUT2D eigenvalue weighted by atomic mass is 9.72. The highest BCUT2D eigenvalue weighted by Crippen LogP contribution is 2.44. The highest BCUT2D eigenvalue weighted by Gasteiger charge is 2.48. The van der Waals surface area contributed by atoms with Gasteiger partial charge in [0.05, 0.1) is 29.5 Å². The van der Waals surface area contributed by atoms with Gasteiger partial charge in [-0.05, 0) is 111 Å². The standard InChI is InChI=1S/C49H61ClF3N7O5S3/c1-34-27-39(17-21-59(34)30-36-15-19-48(2,3)29-43(36)35-9-11-37(50)12-10-35)60-22-18-42-45(31-60)54-33-55-47(42)57-68(63,64)41-13-14-44(46(28-41)67(61,62)49(51,52)53)56-38(16-20-58-23-25-65-26-24-58)32-66-40-7-5-4-6-8-40/h4-14,28,33-34,38-39,56H,15-27,29-32H2,1-3H3,(H,54,55,57)/t34?,38-,39?/m1/s1. The molecule has 3 aromatic carbocycles. The van der Waals surface area contributed by atoms with Crippen LogP contribution in [-0.2, 0) is 37.6 Å². The zero-order valence-corrected chi connectivity index (χ0v) is 42.0. The molecule has 2 unspecified atom stereocenters. The van der Waals surface area contributed by atoms with E-state index >= 15 is 0 Å². The number of piperidine rings is 1. The lowest BCUT2D eigenvalue weighted by Gasteiger charge is -2.44. The Morgan fingerprint density at radius 2 is 1.71 bits per heavy atom. The predicted octanol–water partition coefficient (Wildman–Crippen LogP) is 9.39. The Kier molecular flexibility index (Phi) is 15.9. The van der Waals surface area contributed by atoms with Crippen molar-refractivity contribution < 1.29 is 34.7 Å². The summed E-state index contributed by atoms with van der Waals surface area (Å²) in [7, 11) is -10.6. The summed E-state index contributed by atoms with van der Waals surface area (Å²) in [6.07, 6.45) is 7.36. The molecule has 2 saturated heterocycles. The number of allylic oxidation sites excluding steroid dienone is 1. The molecule has 1 aromatic heterocycles. The summed E-state index contributed by atoms with van der Waals surface area (Å²) in [5.74, 6) is 0.418. The van der Waals surface area contributed by atoms with Crippen molar-refractivity contribution in [3.63, 3.8) is 0 Å². The van der Waals surface area contributed by atoms with Crippen molar-refractivity contribution in [1.82, 2.24) is 24.7 Å². The van der Waals surface area contributed by atoms with E-state index in [1.807, 2.05) is 42.5 Å². The van der Waals surface area contributed by atoms with Crippen LogP contribution in [0.15, 0.2) is 99.4 Å². The second-order valence-electron chi connectivity index (χ2n) is 19.2. The molecule has 4 heterocycles. The van der Waals surface area contributed by atoms with Crippen LogP contribution in [0.25, 0.3) is 5.57 Å². The van der Waals surface area contributed by atoms with Crippen molar-refractivity contribution in [1.29, 1.82) is 0 Å². The fourth-order valence-corrected chi connectivity index (χ4v) is 13.1. The van der Waals surface area contributed by atoms with Gasteiger partial charge in [-0.1, -0.05) is 61.4 Å². The van der Waals surface area contributed by atoms with Gasteiger partial charge in [-0.2, -0.15) is 13.2 Å². The molecule has 0 bridgehead atoms. The zero-order valence-electron chi connectivity index (χ0n) is 38.8. The number of ether oxygens (including phenoxy) is 1. The minimum atomic E-state index is -6.01. The summed E-state index contributed by atoms with van der Waals surface area (Å²) in [6.45, 7) is 13.1. The molecular weight excluding hydrogens is 955 g/mol. The number of hydrogen-bond acceptors (Lipinski definition) is 12. The molecule has 2 fully saturated rings. The number of nitrogens with zero attached hydrogens (tertiary/aromatic N) is 5. The molecule has 0 spiro atoms. The van der Waals surface area contributed by atoms with Crippen LogP contribution in [0.2, 0.25) is 5.02 Å². The SMILES string of the molecule is CC1CC(N2CCc3c(ncnc3NS(=O)(=O)c3ccc(N[C@H](CCN4CCOCC4)CSc4ccccc4)c(S(=O)(=O)C(F)(F)F)c3)C2)CCN1CC1=C(c2ccc(Cl)cc2)CC(C)(C)CC1. The van der Waals surface area contributed by atoms with E-state index in [2.05, 4.69) is 67.6 Å². The summed E-state index contributed by atoms with van der Waals surface area (Å²) in [5.41, 5.74) is -0.364. The quantitative estimate of drug-likeness (QED) is 0.104. The largest absolute Gasteiger partial charge is 0.501 e. The second-order valence-corrected chi connectivity index (χ2v) is 24.3. The molecule has 19 heteroatoms. The number of morpholine rings is 1. The maximum Gasteiger partial charge on any atom is 0.501 e. The highest BCUT2D eigenvalue weighted by atomic mass is 35.5. The van der Waals surface area contributed by atoms with E-state index in [0.717, 1.165) is 67.2 Å². The fraction of sp³-hybridized carbons (Fsp3) is 0.510. The van der Waals surface area contributed by atoms with Crippen LogP contribution >= 0.6 is 23.4 Å². The topological polar surface area (TPSA) is 137 Å². The molecule has 68 heavy (non-hydrogen) atoms. The molecular formula is C49H61ClF3N7O5S3. The second kappa shape index (κ2) is 21.3. The van der Waals surface area contributed by atoms with Crippen molar-refractivity contribution in [3.05, 3.63) is 107 Å². The van der Waals surface area contributed by atoms with Crippen molar-refractivity contribution in [2.75, 3.05) is 68.3 Å². The third-order valence-electron chi connectivity index (χ3n) is 13.9. The average Bonchev–Trinajstić information content (AvgIpc) is 3.31. The van der Waals surface area contributed by atoms with Gasteiger partial charge in [0.25, 0.3) is 19.9 Å². The van der Waals surface area contributed by atoms with Crippen LogP contribution in [0.5, 0.6) is 0 Å². The van der Waals surface area contributed by atoms with Gasteiger partial charge in [0, 0.05) is 85.2 Å². The number of thioether (sulfide) groups is 1. The van der Waals surface area contributed by atoms with Crippen molar-refractivity contribution in [2.24, 2.45) is 5.41 Å². The van der Waals surface area contributed by atoms with E-state index in [-0.39, 0.29) is 23.0 Å². The lowest BCUT2D eigenvalue weighted by molar-refractivity contribution is -0.0435. The molecule has 0 saturated carbocycles. The number of fused-ring (bicyclic) bond motifs is 1. The number of likely N-dealkylation sites (tertiary alicyclic amines) is 1. The highest BCUT2D eigenvalue weighted by molar-refractivity contribution is 7.99. The van der Waals surface area contributed by atoms with Gasteiger partial charge in [0.1, 0.15) is 17.0 Å². The molecule has 1 aliphatic carbocycles. The fourth-order valence-electron chi connectivity index (χ4n) is 9.86. The number of sulfonamides is 1. The summed E-state index contributed by atoms with van der Waals surface area (Å²) in [4.78, 5) is 15.1. The molecule has 2 N–H and O–H groups in total. The minimum absolute atomic E-state index is 0.0156. The molecule has 3 aliphatic heterocycles. The molecule has 0 radical (unpaired) electrons. The third-order valence-corrected chi connectivity index (χ3v) is 18.1. The summed E-state index contributed by atoms with van der Waals surface area (Å²) in [6, 6.07) is 20.6. The van der Waals surface area contributed by atoms with Crippen LogP contribution in [0.1, 0.15) is 76.1 Å². The van der Waals surface area contributed by atoms with Gasteiger partial charge in [-0.25, -0.2) is 26.8 Å². The molecule has 3 atom stereocenters. The van der Waals surface area contributed by atoms with Gasteiger partial charge in [-0.3, -0.25) is 19.4 Å². The minimum Gasteiger partial charge on any atom is -0.380 e. The molecule has 0 amide bonds. The van der Waals surface area contributed by atoms with Gasteiger partial charge in [0.15, 0.2) is 0 Å². The summed E-state index contributed by atoms with van der Waals surface area (Å²) >= 11 is 7.73. The van der Waals surface area contributed by atoms with E-state index in [1.165, 1.54) is 34.8 Å². The molecule has 4 aliphatic rings. The predicted molar refractivity (Wildman–Crippen MR) is 263 cm³/mol. The summed E-state index contributed by atoms with van der Waals surface area (Å²) < 4.78 is 105. The number of alkyl halides is 3. The van der Waals surface area contributed by atoms with Gasteiger partial charge >= 0.3 is 5.51 Å².